The van der Waals surface area contributed by atoms with Crippen LogP contribution in [0.3, 0.4) is 0 Å². The second-order valence-electron chi connectivity index (χ2n) is 4.94. The van der Waals surface area contributed by atoms with Gasteiger partial charge in [-0.3, -0.25) is 0 Å². The van der Waals surface area contributed by atoms with Crippen LogP contribution >= 0.6 is 23.2 Å². The van der Waals surface area contributed by atoms with Gasteiger partial charge in [-0.25, -0.2) is 0 Å². The third kappa shape index (κ3) is 3.11. The molecule has 1 saturated carbocycles. The molecular formula is C16H15Cl2N. The SMILES string of the molecule is Clc1cc(-c2ccccc2Cl)ccc1CNC1CC1. The quantitative estimate of drug-likeness (QED) is 0.844. The first-order valence-electron chi connectivity index (χ1n) is 6.51. The highest BCUT2D eigenvalue weighted by molar-refractivity contribution is 6.34. The van der Waals surface area contributed by atoms with Gasteiger partial charge >= 0.3 is 0 Å². The Hall–Kier alpha value is -1.02. The Morgan fingerprint density at radius 2 is 1.79 bits per heavy atom. The third-order valence-corrected chi connectivity index (χ3v) is 4.08. The molecule has 0 heterocycles. The van der Waals surface area contributed by atoms with E-state index in [1.165, 1.54) is 12.8 Å². The van der Waals surface area contributed by atoms with Gasteiger partial charge in [0.15, 0.2) is 0 Å². The molecule has 0 aromatic heterocycles. The number of hydrogen-bond acceptors (Lipinski definition) is 1. The fraction of sp³-hybridized carbons (Fsp3) is 0.250. The molecule has 0 spiro atoms. The molecule has 0 bridgehead atoms. The van der Waals surface area contributed by atoms with Crippen molar-refractivity contribution in [2.75, 3.05) is 0 Å². The van der Waals surface area contributed by atoms with Crippen molar-refractivity contribution in [3.8, 4) is 11.1 Å². The molecule has 3 rings (SSSR count). The van der Waals surface area contributed by atoms with E-state index in [4.69, 9.17) is 23.2 Å². The van der Waals surface area contributed by atoms with Crippen molar-refractivity contribution in [1.29, 1.82) is 0 Å². The van der Waals surface area contributed by atoms with E-state index in [9.17, 15) is 0 Å². The molecule has 0 unspecified atom stereocenters. The lowest BCUT2D eigenvalue weighted by atomic mass is 10.0. The van der Waals surface area contributed by atoms with Crippen LogP contribution in [0, 0.1) is 0 Å². The molecule has 0 aliphatic heterocycles. The van der Waals surface area contributed by atoms with Crippen LogP contribution in [-0.4, -0.2) is 6.04 Å². The molecule has 1 nitrogen and oxygen atoms in total. The van der Waals surface area contributed by atoms with Crippen LogP contribution in [-0.2, 0) is 6.54 Å². The predicted octanol–water partition coefficient (Wildman–Crippen LogP) is 4.91. The molecule has 19 heavy (non-hydrogen) atoms. The summed E-state index contributed by atoms with van der Waals surface area (Å²) in [6.45, 7) is 0.840. The van der Waals surface area contributed by atoms with Crippen LogP contribution in [0.5, 0.6) is 0 Å². The zero-order chi connectivity index (χ0) is 13.2. The molecule has 1 aliphatic carbocycles. The molecule has 1 fully saturated rings. The summed E-state index contributed by atoms with van der Waals surface area (Å²) in [5.74, 6) is 0. The van der Waals surface area contributed by atoms with E-state index in [1.54, 1.807) is 0 Å². The fourth-order valence-electron chi connectivity index (χ4n) is 2.10. The van der Waals surface area contributed by atoms with Gasteiger partial charge in [0.05, 0.1) is 0 Å². The minimum Gasteiger partial charge on any atom is -0.310 e. The molecule has 1 N–H and O–H groups in total. The van der Waals surface area contributed by atoms with Gasteiger partial charge < -0.3 is 5.32 Å². The van der Waals surface area contributed by atoms with Crippen LogP contribution in [0.2, 0.25) is 10.0 Å². The van der Waals surface area contributed by atoms with Crippen LogP contribution in [0.1, 0.15) is 18.4 Å². The average Bonchev–Trinajstić information content (AvgIpc) is 3.22. The molecular weight excluding hydrogens is 277 g/mol. The van der Waals surface area contributed by atoms with Crippen molar-refractivity contribution >= 4 is 23.2 Å². The first-order chi connectivity index (χ1) is 9.24. The van der Waals surface area contributed by atoms with Crippen LogP contribution in [0.4, 0.5) is 0 Å². The first kappa shape index (κ1) is 13.0. The van der Waals surface area contributed by atoms with Gasteiger partial charge in [0.1, 0.15) is 0 Å². The maximum absolute atomic E-state index is 6.35. The average molecular weight is 292 g/mol. The molecule has 2 aromatic carbocycles. The summed E-state index contributed by atoms with van der Waals surface area (Å²) in [6.07, 6.45) is 2.57. The van der Waals surface area contributed by atoms with Crippen molar-refractivity contribution < 1.29 is 0 Å². The smallest absolute Gasteiger partial charge is 0.0484 e. The lowest BCUT2D eigenvalue weighted by Crippen LogP contribution is -2.15. The number of halogens is 2. The van der Waals surface area contributed by atoms with Crippen molar-refractivity contribution in [2.45, 2.75) is 25.4 Å². The first-order valence-corrected chi connectivity index (χ1v) is 7.26. The van der Waals surface area contributed by atoms with Crippen molar-refractivity contribution in [3.05, 3.63) is 58.1 Å². The molecule has 0 radical (unpaired) electrons. The minimum atomic E-state index is 0.694. The highest BCUT2D eigenvalue weighted by atomic mass is 35.5. The van der Waals surface area contributed by atoms with E-state index in [1.807, 2.05) is 30.3 Å². The van der Waals surface area contributed by atoms with Crippen LogP contribution in [0.15, 0.2) is 42.5 Å². The summed E-state index contributed by atoms with van der Waals surface area (Å²) in [6, 6.07) is 14.7. The molecule has 98 valence electrons. The molecule has 0 saturated heterocycles. The summed E-state index contributed by atoms with van der Waals surface area (Å²) in [5, 5.41) is 5.02. The van der Waals surface area contributed by atoms with E-state index in [0.29, 0.717) is 6.04 Å². The topological polar surface area (TPSA) is 12.0 Å². The molecule has 0 amide bonds. The number of rotatable bonds is 4. The van der Waals surface area contributed by atoms with E-state index in [0.717, 1.165) is 33.3 Å². The van der Waals surface area contributed by atoms with Gasteiger partial charge in [0, 0.05) is 28.2 Å². The van der Waals surface area contributed by atoms with Crippen molar-refractivity contribution in [1.82, 2.24) is 5.32 Å². The number of benzene rings is 2. The summed E-state index contributed by atoms with van der Waals surface area (Å²) in [7, 11) is 0. The molecule has 1 aliphatic rings. The van der Waals surface area contributed by atoms with Gasteiger partial charge in [-0.1, -0.05) is 53.5 Å². The minimum absolute atomic E-state index is 0.694. The Balaban J connectivity index is 1.84. The largest absolute Gasteiger partial charge is 0.310 e. The van der Waals surface area contributed by atoms with Gasteiger partial charge in [-0.15, -0.1) is 0 Å². The van der Waals surface area contributed by atoms with Crippen molar-refractivity contribution in [3.63, 3.8) is 0 Å². The summed E-state index contributed by atoms with van der Waals surface area (Å²) in [4.78, 5) is 0. The molecule has 0 atom stereocenters. The summed E-state index contributed by atoms with van der Waals surface area (Å²) < 4.78 is 0. The maximum atomic E-state index is 6.35. The van der Waals surface area contributed by atoms with E-state index in [-0.39, 0.29) is 0 Å². The van der Waals surface area contributed by atoms with E-state index < -0.39 is 0 Å². The normalized spacial score (nSPS) is 14.6. The maximum Gasteiger partial charge on any atom is 0.0484 e. The predicted molar refractivity (Wildman–Crippen MR) is 81.8 cm³/mol. The standard InChI is InChI=1S/C16H15Cl2N/c17-15-4-2-1-3-14(15)11-5-6-12(16(18)9-11)10-19-13-7-8-13/h1-6,9,13,19H,7-8,10H2. The van der Waals surface area contributed by atoms with Crippen molar-refractivity contribution in [2.24, 2.45) is 0 Å². The second kappa shape index (κ2) is 5.54. The van der Waals surface area contributed by atoms with E-state index >= 15 is 0 Å². The highest BCUT2D eigenvalue weighted by Crippen LogP contribution is 2.31. The Bertz CT molecular complexity index is 591. The summed E-state index contributed by atoms with van der Waals surface area (Å²) in [5.41, 5.74) is 3.22. The van der Waals surface area contributed by atoms with Gasteiger partial charge in [-0.05, 0) is 36.1 Å². The number of nitrogens with one attached hydrogen (secondary N) is 1. The second-order valence-corrected chi connectivity index (χ2v) is 5.76. The highest BCUT2D eigenvalue weighted by Gasteiger charge is 2.20. The molecule has 3 heteroatoms. The lowest BCUT2D eigenvalue weighted by Gasteiger charge is -2.09. The lowest BCUT2D eigenvalue weighted by molar-refractivity contribution is 0.688. The zero-order valence-corrected chi connectivity index (χ0v) is 12.0. The third-order valence-electron chi connectivity index (χ3n) is 3.40. The van der Waals surface area contributed by atoms with Crippen LogP contribution in [0.25, 0.3) is 11.1 Å². The summed E-state index contributed by atoms with van der Waals surface area (Å²) >= 11 is 12.6. The van der Waals surface area contributed by atoms with Gasteiger partial charge in [0.2, 0.25) is 0 Å². The molecule has 2 aromatic rings. The Morgan fingerprint density at radius 3 is 2.47 bits per heavy atom. The van der Waals surface area contributed by atoms with Gasteiger partial charge in [-0.2, -0.15) is 0 Å². The van der Waals surface area contributed by atoms with Gasteiger partial charge in [0.25, 0.3) is 0 Å². The van der Waals surface area contributed by atoms with Crippen LogP contribution < -0.4 is 5.32 Å². The monoisotopic (exact) mass is 291 g/mol. The fourth-order valence-corrected chi connectivity index (χ4v) is 2.59. The Morgan fingerprint density at radius 1 is 1.00 bits per heavy atom. The zero-order valence-electron chi connectivity index (χ0n) is 10.5. The Kier molecular flexibility index (Phi) is 3.79. The number of hydrogen-bond donors (Lipinski definition) is 1. The Labute approximate surface area is 123 Å². The van der Waals surface area contributed by atoms with E-state index in [2.05, 4.69) is 17.4 Å².